The molecule has 2 aromatic heterocycles. The average Bonchev–Trinajstić information content (AvgIpc) is 3.26. The van der Waals surface area contributed by atoms with Crippen molar-refractivity contribution in [3.63, 3.8) is 0 Å². The van der Waals surface area contributed by atoms with Crippen molar-refractivity contribution in [2.24, 2.45) is 11.1 Å². The van der Waals surface area contributed by atoms with Gasteiger partial charge in [-0.2, -0.15) is 0 Å². The number of hydrogen-bond donors (Lipinski definition) is 4. The molecule has 0 atom stereocenters. The number of pyridine rings is 2. The fourth-order valence-corrected chi connectivity index (χ4v) is 4.94. The van der Waals surface area contributed by atoms with Crippen LogP contribution < -0.4 is 31.3 Å². The monoisotopic (exact) mass is 501 g/mol. The number of hydrogen-bond acceptors (Lipinski definition) is 8. The summed E-state index contributed by atoms with van der Waals surface area (Å²) in [5.41, 5.74) is 8.24. The lowest BCUT2D eigenvalue weighted by molar-refractivity contribution is -0.119. The van der Waals surface area contributed by atoms with E-state index in [4.69, 9.17) is 10.5 Å². The Labute approximate surface area is 215 Å². The van der Waals surface area contributed by atoms with Gasteiger partial charge in [0.25, 0.3) is 5.91 Å². The summed E-state index contributed by atoms with van der Waals surface area (Å²) in [4.78, 5) is 34.9. The Bertz CT molecular complexity index is 1290. The second kappa shape index (κ2) is 10.3. The summed E-state index contributed by atoms with van der Waals surface area (Å²) < 4.78 is 5.69. The van der Waals surface area contributed by atoms with E-state index in [-0.39, 0.29) is 16.9 Å². The fourth-order valence-electron chi connectivity index (χ4n) is 4.94. The Morgan fingerprint density at radius 3 is 2.54 bits per heavy atom. The van der Waals surface area contributed by atoms with Crippen molar-refractivity contribution < 1.29 is 14.3 Å². The number of carbonyl (C=O) groups is 2. The van der Waals surface area contributed by atoms with Crippen LogP contribution in [0.25, 0.3) is 0 Å². The molecule has 10 heteroatoms. The number of benzene rings is 1. The summed E-state index contributed by atoms with van der Waals surface area (Å²) in [6.45, 7) is 5.02. The van der Waals surface area contributed by atoms with Crippen LogP contribution in [0.15, 0.2) is 54.9 Å². The van der Waals surface area contributed by atoms with Gasteiger partial charge in [-0.25, -0.2) is 9.97 Å². The molecule has 4 heterocycles. The minimum Gasteiger partial charge on any atom is -0.492 e. The number of piperidine rings is 1. The quantitative estimate of drug-likeness (QED) is 0.368. The molecule has 0 aliphatic carbocycles. The molecule has 37 heavy (non-hydrogen) atoms. The van der Waals surface area contributed by atoms with Gasteiger partial charge in [-0.15, -0.1) is 0 Å². The van der Waals surface area contributed by atoms with Gasteiger partial charge in [-0.1, -0.05) is 12.1 Å². The number of primary amides is 1. The number of rotatable bonds is 8. The zero-order chi connectivity index (χ0) is 25.8. The molecular formula is C27H31N7O3. The van der Waals surface area contributed by atoms with Crippen LogP contribution in [0.3, 0.4) is 0 Å². The number of anilines is 5. The zero-order valence-electron chi connectivity index (χ0n) is 20.8. The predicted octanol–water partition coefficient (Wildman–Crippen LogP) is 3.57. The van der Waals surface area contributed by atoms with Crippen molar-refractivity contribution in [2.45, 2.75) is 26.2 Å². The van der Waals surface area contributed by atoms with Crippen LogP contribution in [-0.2, 0) is 4.79 Å². The van der Waals surface area contributed by atoms with Gasteiger partial charge in [0.2, 0.25) is 5.91 Å². The zero-order valence-corrected chi connectivity index (χ0v) is 20.8. The van der Waals surface area contributed by atoms with E-state index in [0.717, 1.165) is 38.2 Å². The Morgan fingerprint density at radius 2 is 1.86 bits per heavy atom. The molecule has 3 aromatic rings. The normalized spacial score (nSPS) is 16.4. The Balaban J connectivity index is 1.28. The van der Waals surface area contributed by atoms with Crippen molar-refractivity contribution >= 4 is 40.5 Å². The number of nitrogens with one attached hydrogen (secondary N) is 3. The number of amides is 2. The first-order chi connectivity index (χ1) is 17.9. The second-order valence-corrected chi connectivity index (χ2v) is 9.50. The van der Waals surface area contributed by atoms with Crippen molar-refractivity contribution in [2.75, 3.05) is 41.8 Å². The first-order valence-electron chi connectivity index (χ1n) is 12.5. The Kier molecular flexibility index (Phi) is 6.80. The molecule has 2 saturated heterocycles. The Hall–Kier alpha value is -4.34. The highest BCUT2D eigenvalue weighted by Crippen LogP contribution is 2.38. The van der Waals surface area contributed by atoms with Gasteiger partial charge in [0.15, 0.2) is 0 Å². The van der Waals surface area contributed by atoms with E-state index in [0.29, 0.717) is 41.8 Å². The smallest absolute Gasteiger partial charge is 0.252 e. The fraction of sp³-hybridized carbons (Fsp3) is 0.333. The van der Waals surface area contributed by atoms with E-state index in [2.05, 4.69) is 30.8 Å². The van der Waals surface area contributed by atoms with Crippen molar-refractivity contribution in [3.8, 4) is 5.75 Å². The molecule has 2 fully saturated rings. The summed E-state index contributed by atoms with van der Waals surface area (Å²) in [7, 11) is 0. The van der Waals surface area contributed by atoms with E-state index in [1.54, 1.807) is 6.07 Å². The number of carbonyl (C=O) groups excluding carboxylic acids is 2. The highest BCUT2D eigenvalue weighted by atomic mass is 16.5. The number of ether oxygens (including phenoxy) is 1. The minimum atomic E-state index is -0.584. The molecular weight excluding hydrogens is 470 g/mol. The van der Waals surface area contributed by atoms with E-state index in [1.165, 1.54) is 6.20 Å². The number of nitrogens with zero attached hydrogens (tertiary/aromatic N) is 3. The molecule has 192 valence electrons. The standard InChI is InChI=1S/C27H31N7O3/c1-2-37-22-6-4-3-5-20(22)32-21-13-24(30-16-19(21)26(28)36)33-23-8-7-18(15-29-23)34-11-9-27(10-12-34)14-25(35)31-17-27/h3-8,13,15-16H,2,9-12,14,17H2,1H3,(H2,28,36)(H,31,35)(H2,29,30,32,33). The largest absolute Gasteiger partial charge is 0.492 e. The van der Waals surface area contributed by atoms with E-state index in [1.807, 2.05) is 49.5 Å². The molecule has 2 aliphatic rings. The van der Waals surface area contributed by atoms with Gasteiger partial charge >= 0.3 is 0 Å². The van der Waals surface area contributed by atoms with Crippen LogP contribution in [0.5, 0.6) is 5.75 Å². The number of para-hydroxylation sites is 2. The van der Waals surface area contributed by atoms with E-state index < -0.39 is 5.91 Å². The summed E-state index contributed by atoms with van der Waals surface area (Å²) in [6, 6.07) is 13.1. The van der Waals surface area contributed by atoms with Crippen molar-refractivity contribution in [1.82, 2.24) is 15.3 Å². The molecule has 10 nitrogen and oxygen atoms in total. The molecule has 5 rings (SSSR count). The van der Waals surface area contributed by atoms with Gasteiger partial charge in [0, 0.05) is 38.3 Å². The van der Waals surface area contributed by atoms with E-state index in [9.17, 15) is 9.59 Å². The first kappa shape index (κ1) is 24.4. The van der Waals surface area contributed by atoms with Gasteiger partial charge in [0.05, 0.1) is 35.4 Å². The molecule has 2 aliphatic heterocycles. The molecule has 1 spiro atoms. The predicted molar refractivity (Wildman–Crippen MR) is 143 cm³/mol. The summed E-state index contributed by atoms with van der Waals surface area (Å²) in [5, 5.41) is 9.43. The molecule has 1 aromatic carbocycles. The lowest BCUT2D eigenvalue weighted by Gasteiger charge is -2.39. The third-order valence-electron chi connectivity index (χ3n) is 7.02. The molecule has 0 bridgehead atoms. The van der Waals surface area contributed by atoms with E-state index >= 15 is 0 Å². The summed E-state index contributed by atoms with van der Waals surface area (Å²) in [6.07, 6.45) is 5.90. The maximum atomic E-state index is 12.0. The lowest BCUT2D eigenvalue weighted by atomic mass is 9.77. The Morgan fingerprint density at radius 1 is 1.08 bits per heavy atom. The number of aromatic nitrogens is 2. The van der Waals surface area contributed by atoms with Crippen LogP contribution in [0, 0.1) is 5.41 Å². The third-order valence-corrected chi connectivity index (χ3v) is 7.02. The van der Waals surface area contributed by atoms with Crippen LogP contribution in [-0.4, -0.2) is 48.0 Å². The summed E-state index contributed by atoms with van der Waals surface area (Å²) >= 11 is 0. The van der Waals surface area contributed by atoms with Crippen LogP contribution in [0.2, 0.25) is 0 Å². The topological polar surface area (TPSA) is 134 Å². The van der Waals surface area contributed by atoms with Crippen LogP contribution in [0.4, 0.5) is 28.7 Å². The molecule has 0 radical (unpaired) electrons. The maximum Gasteiger partial charge on any atom is 0.252 e. The maximum absolute atomic E-state index is 12.0. The summed E-state index contributed by atoms with van der Waals surface area (Å²) in [5.74, 6) is 1.39. The highest BCUT2D eigenvalue weighted by molar-refractivity contribution is 5.99. The SMILES string of the molecule is CCOc1ccccc1Nc1cc(Nc2ccc(N3CCC4(CC3)CNC(=O)C4)cn2)ncc1C(N)=O. The van der Waals surface area contributed by atoms with Gasteiger partial charge < -0.3 is 31.3 Å². The van der Waals surface area contributed by atoms with Crippen LogP contribution >= 0.6 is 0 Å². The van der Waals surface area contributed by atoms with Gasteiger partial charge in [0.1, 0.15) is 17.4 Å². The van der Waals surface area contributed by atoms with Gasteiger partial charge in [-0.3, -0.25) is 9.59 Å². The van der Waals surface area contributed by atoms with Crippen molar-refractivity contribution in [3.05, 3.63) is 60.4 Å². The first-order valence-corrected chi connectivity index (χ1v) is 12.5. The molecule has 2 amide bonds. The third kappa shape index (κ3) is 5.42. The molecule has 0 unspecified atom stereocenters. The van der Waals surface area contributed by atoms with Crippen LogP contribution in [0.1, 0.15) is 36.5 Å². The van der Waals surface area contributed by atoms with Crippen molar-refractivity contribution in [1.29, 1.82) is 0 Å². The highest BCUT2D eigenvalue weighted by Gasteiger charge is 2.40. The van der Waals surface area contributed by atoms with Gasteiger partial charge in [-0.05, 0) is 49.4 Å². The lowest BCUT2D eigenvalue weighted by Crippen LogP contribution is -2.41. The number of nitrogens with two attached hydrogens (primary N) is 1. The molecule has 0 saturated carbocycles. The minimum absolute atomic E-state index is 0.111. The second-order valence-electron chi connectivity index (χ2n) is 9.50. The average molecular weight is 502 g/mol. The molecule has 5 N–H and O–H groups in total.